The van der Waals surface area contributed by atoms with E-state index >= 15 is 0 Å². The van der Waals surface area contributed by atoms with Crippen molar-refractivity contribution in [2.24, 2.45) is 0 Å². The topological polar surface area (TPSA) is 58.2 Å². The lowest BCUT2D eigenvalue weighted by Crippen LogP contribution is -2.15. The van der Waals surface area contributed by atoms with Gasteiger partial charge in [0.15, 0.2) is 0 Å². The van der Waals surface area contributed by atoms with Crippen molar-refractivity contribution < 1.29 is 14.0 Å². The Morgan fingerprint density at radius 2 is 1.70 bits per heavy atom. The zero-order valence-corrected chi connectivity index (χ0v) is 13.7. The van der Waals surface area contributed by atoms with E-state index in [-0.39, 0.29) is 11.5 Å². The molecule has 0 bridgehead atoms. The zero-order chi connectivity index (χ0) is 16.8. The van der Waals surface area contributed by atoms with Crippen LogP contribution >= 0.6 is 11.8 Å². The maximum Gasteiger partial charge on any atom is 0.258 e. The molecule has 6 heteroatoms. The van der Waals surface area contributed by atoms with E-state index in [2.05, 4.69) is 10.6 Å². The highest BCUT2D eigenvalue weighted by Gasteiger charge is 2.13. The van der Waals surface area contributed by atoms with Crippen LogP contribution in [0.25, 0.3) is 0 Å². The molecular weight excluding hydrogens is 315 g/mol. The van der Waals surface area contributed by atoms with Crippen LogP contribution in [-0.2, 0) is 10.5 Å². The van der Waals surface area contributed by atoms with Crippen molar-refractivity contribution in [3.05, 3.63) is 59.4 Å². The molecule has 0 aliphatic carbocycles. The Balaban J connectivity index is 2.14. The van der Waals surface area contributed by atoms with Crippen molar-refractivity contribution in [1.29, 1.82) is 0 Å². The maximum absolute atomic E-state index is 13.8. The quantitative estimate of drug-likeness (QED) is 0.873. The van der Waals surface area contributed by atoms with Gasteiger partial charge in [-0.15, -0.1) is 0 Å². The number of halogens is 1. The standard InChI is InChI=1S/C17H17FN2O2S/c1-11(21)19-14-7-8-16(18)15(9-14)17(22)20-13-5-3-12(4-6-13)10-23-2/h3-9H,10H2,1-2H3,(H,19,21)(H,20,22). The third kappa shape index (κ3) is 4.82. The predicted molar refractivity (Wildman–Crippen MR) is 92.3 cm³/mol. The van der Waals surface area contributed by atoms with Gasteiger partial charge in [0.2, 0.25) is 5.91 Å². The molecule has 0 radical (unpaired) electrons. The fourth-order valence-electron chi connectivity index (χ4n) is 2.03. The van der Waals surface area contributed by atoms with E-state index in [4.69, 9.17) is 0 Å². The van der Waals surface area contributed by atoms with E-state index in [0.29, 0.717) is 11.4 Å². The van der Waals surface area contributed by atoms with Gasteiger partial charge in [0.1, 0.15) is 5.82 Å². The lowest BCUT2D eigenvalue weighted by molar-refractivity contribution is -0.114. The van der Waals surface area contributed by atoms with Gasteiger partial charge >= 0.3 is 0 Å². The molecule has 0 saturated carbocycles. The summed E-state index contributed by atoms with van der Waals surface area (Å²) in [6, 6.07) is 11.3. The molecule has 2 aromatic rings. The third-order valence-corrected chi connectivity index (χ3v) is 3.68. The minimum atomic E-state index is -0.643. The lowest BCUT2D eigenvalue weighted by Gasteiger charge is -2.09. The SMILES string of the molecule is CSCc1ccc(NC(=O)c2cc(NC(C)=O)ccc2F)cc1. The molecule has 0 heterocycles. The zero-order valence-electron chi connectivity index (χ0n) is 12.9. The summed E-state index contributed by atoms with van der Waals surface area (Å²) < 4.78 is 13.8. The van der Waals surface area contributed by atoms with Crippen LogP contribution in [0.4, 0.5) is 15.8 Å². The number of carbonyl (C=O) groups is 2. The average Bonchev–Trinajstić information content (AvgIpc) is 2.51. The highest BCUT2D eigenvalue weighted by Crippen LogP contribution is 2.18. The van der Waals surface area contributed by atoms with Crippen LogP contribution in [0.3, 0.4) is 0 Å². The molecule has 0 saturated heterocycles. The summed E-state index contributed by atoms with van der Waals surface area (Å²) in [5.74, 6) is -0.600. The number of nitrogens with one attached hydrogen (secondary N) is 2. The summed E-state index contributed by atoms with van der Waals surface area (Å²) in [4.78, 5) is 23.3. The molecule has 0 unspecified atom stereocenters. The number of anilines is 2. The normalized spacial score (nSPS) is 10.2. The molecule has 0 spiro atoms. The number of hydrogen-bond acceptors (Lipinski definition) is 3. The summed E-state index contributed by atoms with van der Waals surface area (Å²) in [5.41, 5.74) is 1.99. The Hall–Kier alpha value is -2.34. The number of hydrogen-bond donors (Lipinski definition) is 2. The molecule has 120 valence electrons. The van der Waals surface area contributed by atoms with Gasteiger partial charge in [-0.25, -0.2) is 4.39 Å². The van der Waals surface area contributed by atoms with E-state index in [0.717, 1.165) is 17.4 Å². The minimum Gasteiger partial charge on any atom is -0.326 e. The van der Waals surface area contributed by atoms with Crippen molar-refractivity contribution in [1.82, 2.24) is 0 Å². The van der Waals surface area contributed by atoms with Gasteiger partial charge in [-0.2, -0.15) is 11.8 Å². The van der Waals surface area contributed by atoms with Crippen molar-refractivity contribution in [2.75, 3.05) is 16.9 Å². The fraction of sp³-hybridized carbons (Fsp3) is 0.176. The number of rotatable bonds is 5. The first-order valence-electron chi connectivity index (χ1n) is 6.96. The van der Waals surface area contributed by atoms with Gasteiger partial charge in [0, 0.05) is 24.1 Å². The van der Waals surface area contributed by atoms with E-state index in [9.17, 15) is 14.0 Å². The fourth-order valence-corrected chi connectivity index (χ4v) is 2.56. The third-order valence-electron chi connectivity index (χ3n) is 3.05. The second kappa shape index (κ2) is 7.78. The van der Waals surface area contributed by atoms with Crippen molar-refractivity contribution in [2.45, 2.75) is 12.7 Å². The summed E-state index contributed by atoms with van der Waals surface area (Å²) in [6.45, 7) is 1.35. The Kier molecular flexibility index (Phi) is 5.76. The van der Waals surface area contributed by atoms with Gasteiger partial charge in [-0.05, 0) is 42.2 Å². The Bertz CT molecular complexity index is 717. The Morgan fingerprint density at radius 1 is 1.04 bits per heavy atom. The van der Waals surface area contributed by atoms with Crippen LogP contribution in [0, 0.1) is 5.82 Å². The first-order valence-corrected chi connectivity index (χ1v) is 8.35. The van der Waals surface area contributed by atoms with Crippen LogP contribution in [0.5, 0.6) is 0 Å². The first-order chi connectivity index (χ1) is 11.0. The smallest absolute Gasteiger partial charge is 0.258 e. The van der Waals surface area contributed by atoms with Crippen LogP contribution in [0.15, 0.2) is 42.5 Å². The second-order valence-corrected chi connectivity index (χ2v) is 5.83. The van der Waals surface area contributed by atoms with E-state index in [1.54, 1.807) is 23.9 Å². The monoisotopic (exact) mass is 332 g/mol. The number of benzene rings is 2. The summed E-state index contributed by atoms with van der Waals surface area (Å²) in [5, 5.41) is 5.18. The lowest BCUT2D eigenvalue weighted by atomic mass is 10.1. The second-order valence-electron chi connectivity index (χ2n) is 4.96. The number of carbonyl (C=O) groups excluding carboxylic acids is 2. The van der Waals surface area contributed by atoms with Crippen LogP contribution in [-0.4, -0.2) is 18.1 Å². The van der Waals surface area contributed by atoms with E-state index < -0.39 is 11.7 Å². The minimum absolute atomic E-state index is 0.121. The van der Waals surface area contributed by atoms with Gasteiger partial charge in [-0.1, -0.05) is 12.1 Å². The molecule has 0 aromatic heterocycles. The molecule has 0 fully saturated rings. The molecule has 23 heavy (non-hydrogen) atoms. The summed E-state index contributed by atoms with van der Waals surface area (Å²) in [6.07, 6.45) is 2.01. The van der Waals surface area contributed by atoms with Gasteiger partial charge < -0.3 is 10.6 Å². The van der Waals surface area contributed by atoms with Crippen LogP contribution in [0.1, 0.15) is 22.8 Å². The van der Waals surface area contributed by atoms with Gasteiger partial charge in [-0.3, -0.25) is 9.59 Å². The maximum atomic E-state index is 13.8. The van der Waals surface area contributed by atoms with Crippen molar-refractivity contribution in [3.8, 4) is 0 Å². The van der Waals surface area contributed by atoms with Crippen LogP contribution in [0.2, 0.25) is 0 Å². The highest BCUT2D eigenvalue weighted by molar-refractivity contribution is 7.97. The van der Waals surface area contributed by atoms with Crippen molar-refractivity contribution >= 4 is 35.0 Å². The Morgan fingerprint density at radius 3 is 2.30 bits per heavy atom. The molecule has 0 atom stereocenters. The molecule has 2 N–H and O–H groups in total. The highest BCUT2D eigenvalue weighted by atomic mass is 32.2. The van der Waals surface area contributed by atoms with Gasteiger partial charge in [0.25, 0.3) is 5.91 Å². The molecular formula is C17H17FN2O2S. The first kappa shape index (κ1) is 17.0. The summed E-state index contributed by atoms with van der Waals surface area (Å²) >= 11 is 1.71. The molecule has 2 rings (SSSR count). The average molecular weight is 332 g/mol. The molecule has 2 aromatic carbocycles. The summed E-state index contributed by atoms with van der Waals surface area (Å²) in [7, 11) is 0. The number of thioether (sulfide) groups is 1. The molecule has 2 amide bonds. The molecule has 0 aliphatic heterocycles. The van der Waals surface area contributed by atoms with E-state index in [1.165, 1.54) is 19.1 Å². The number of amides is 2. The van der Waals surface area contributed by atoms with Crippen LogP contribution < -0.4 is 10.6 Å². The van der Waals surface area contributed by atoms with Gasteiger partial charge in [0.05, 0.1) is 5.56 Å². The largest absolute Gasteiger partial charge is 0.326 e. The van der Waals surface area contributed by atoms with E-state index in [1.807, 2.05) is 18.4 Å². The molecule has 0 aliphatic rings. The Labute approximate surface area is 138 Å². The van der Waals surface area contributed by atoms with Crippen molar-refractivity contribution in [3.63, 3.8) is 0 Å². The molecule has 4 nitrogen and oxygen atoms in total. The predicted octanol–water partition coefficient (Wildman–Crippen LogP) is 3.90.